The molecule has 0 aliphatic carbocycles. The summed E-state index contributed by atoms with van der Waals surface area (Å²) in [7, 11) is 1.53. The minimum Gasteiger partial charge on any atom is -0.504 e. The van der Waals surface area contributed by atoms with Gasteiger partial charge in [-0.3, -0.25) is 0 Å². The summed E-state index contributed by atoms with van der Waals surface area (Å²) >= 11 is 0. The van der Waals surface area contributed by atoms with Crippen molar-refractivity contribution in [3.05, 3.63) is 59.7 Å². The minimum atomic E-state index is -0.109. The Bertz CT molecular complexity index is 511. The molecule has 0 heterocycles. The van der Waals surface area contributed by atoms with Gasteiger partial charge in [-0.05, 0) is 29.7 Å². The van der Waals surface area contributed by atoms with Crippen LogP contribution in [-0.2, 0) is 6.42 Å². The Morgan fingerprint density at radius 3 is 2.56 bits per heavy atom. The van der Waals surface area contributed by atoms with Crippen molar-refractivity contribution in [1.29, 1.82) is 0 Å². The van der Waals surface area contributed by atoms with Crippen LogP contribution in [0.4, 0.5) is 0 Å². The zero-order valence-corrected chi connectivity index (χ0v) is 10.3. The van der Waals surface area contributed by atoms with Crippen LogP contribution < -0.4 is 10.5 Å². The van der Waals surface area contributed by atoms with Crippen LogP contribution in [0, 0.1) is 0 Å². The number of methoxy groups -OCH3 is 1. The van der Waals surface area contributed by atoms with Gasteiger partial charge in [-0.2, -0.15) is 0 Å². The number of benzene rings is 2. The summed E-state index contributed by atoms with van der Waals surface area (Å²) in [6.45, 7) is 0. The van der Waals surface area contributed by atoms with E-state index in [0.29, 0.717) is 5.75 Å². The molecule has 0 amide bonds. The number of phenolic OH excluding ortho intramolecular Hbond substituents is 1. The molecule has 0 saturated carbocycles. The van der Waals surface area contributed by atoms with Crippen LogP contribution in [-0.4, -0.2) is 12.2 Å². The van der Waals surface area contributed by atoms with E-state index in [1.165, 1.54) is 12.7 Å². The molecule has 0 aromatic heterocycles. The summed E-state index contributed by atoms with van der Waals surface area (Å²) < 4.78 is 5.08. The zero-order valence-electron chi connectivity index (χ0n) is 10.3. The lowest BCUT2D eigenvalue weighted by Crippen LogP contribution is -2.13. The third kappa shape index (κ3) is 2.81. The van der Waals surface area contributed by atoms with E-state index in [1.807, 2.05) is 24.3 Å². The van der Waals surface area contributed by atoms with Gasteiger partial charge in [0.05, 0.1) is 7.11 Å². The molecule has 0 radical (unpaired) electrons. The van der Waals surface area contributed by atoms with Crippen molar-refractivity contribution in [2.24, 2.45) is 5.73 Å². The van der Waals surface area contributed by atoms with Crippen LogP contribution in [0.1, 0.15) is 17.2 Å². The van der Waals surface area contributed by atoms with Gasteiger partial charge in [0.2, 0.25) is 0 Å². The van der Waals surface area contributed by atoms with E-state index in [4.69, 9.17) is 10.5 Å². The molecule has 0 bridgehead atoms. The van der Waals surface area contributed by atoms with Crippen molar-refractivity contribution >= 4 is 0 Å². The largest absolute Gasteiger partial charge is 0.504 e. The average Bonchev–Trinajstić information content (AvgIpc) is 2.40. The van der Waals surface area contributed by atoms with E-state index < -0.39 is 0 Å². The Balaban J connectivity index is 2.16. The molecule has 3 N–H and O–H groups in total. The molecule has 0 unspecified atom stereocenters. The summed E-state index contributed by atoms with van der Waals surface area (Å²) in [5.41, 5.74) is 8.31. The topological polar surface area (TPSA) is 55.5 Å². The van der Waals surface area contributed by atoms with Crippen molar-refractivity contribution < 1.29 is 9.84 Å². The van der Waals surface area contributed by atoms with Crippen molar-refractivity contribution in [2.45, 2.75) is 12.5 Å². The Morgan fingerprint density at radius 2 is 1.89 bits per heavy atom. The fraction of sp³-hybridized carbons (Fsp3) is 0.200. The number of hydrogen-bond acceptors (Lipinski definition) is 3. The smallest absolute Gasteiger partial charge is 0.160 e. The normalized spacial score (nSPS) is 12.1. The van der Waals surface area contributed by atoms with Gasteiger partial charge < -0.3 is 15.6 Å². The van der Waals surface area contributed by atoms with E-state index in [9.17, 15) is 5.11 Å². The summed E-state index contributed by atoms with van der Waals surface area (Å²) in [6.07, 6.45) is 0.759. The maximum atomic E-state index is 9.54. The molecule has 2 rings (SSSR count). The van der Waals surface area contributed by atoms with Crippen LogP contribution in [0.25, 0.3) is 0 Å². The second-order valence-electron chi connectivity index (χ2n) is 4.23. The molecule has 0 saturated heterocycles. The first kappa shape index (κ1) is 12.5. The first-order valence-corrected chi connectivity index (χ1v) is 5.87. The van der Waals surface area contributed by atoms with Gasteiger partial charge in [0, 0.05) is 6.04 Å². The highest BCUT2D eigenvalue weighted by Gasteiger charge is 2.10. The Kier molecular flexibility index (Phi) is 3.85. The molecule has 2 aromatic carbocycles. The molecule has 94 valence electrons. The molecule has 3 nitrogen and oxygen atoms in total. The second-order valence-corrected chi connectivity index (χ2v) is 4.23. The predicted octanol–water partition coefficient (Wildman–Crippen LogP) is 2.64. The maximum absolute atomic E-state index is 9.54. The van der Waals surface area contributed by atoms with E-state index >= 15 is 0 Å². The van der Waals surface area contributed by atoms with E-state index in [-0.39, 0.29) is 11.8 Å². The van der Waals surface area contributed by atoms with Crippen molar-refractivity contribution in [3.63, 3.8) is 0 Å². The molecule has 1 atom stereocenters. The van der Waals surface area contributed by atoms with Crippen LogP contribution in [0.15, 0.2) is 48.5 Å². The van der Waals surface area contributed by atoms with Gasteiger partial charge >= 0.3 is 0 Å². The molecular formula is C15H17NO2. The molecular weight excluding hydrogens is 226 g/mol. The SMILES string of the molecule is COc1cc([C@@H](N)Cc2ccccc2)ccc1O. The van der Waals surface area contributed by atoms with Crippen molar-refractivity contribution in [1.82, 2.24) is 0 Å². The maximum Gasteiger partial charge on any atom is 0.160 e. The fourth-order valence-electron chi connectivity index (χ4n) is 1.91. The van der Waals surface area contributed by atoms with Gasteiger partial charge in [-0.15, -0.1) is 0 Å². The molecule has 3 heteroatoms. The number of aromatic hydroxyl groups is 1. The highest BCUT2D eigenvalue weighted by Crippen LogP contribution is 2.29. The summed E-state index contributed by atoms with van der Waals surface area (Å²) in [6, 6.07) is 15.2. The number of phenols is 1. The van der Waals surface area contributed by atoms with E-state index in [1.54, 1.807) is 12.1 Å². The minimum absolute atomic E-state index is 0.109. The molecule has 18 heavy (non-hydrogen) atoms. The van der Waals surface area contributed by atoms with Crippen LogP contribution in [0.5, 0.6) is 11.5 Å². The van der Waals surface area contributed by atoms with Gasteiger partial charge in [-0.1, -0.05) is 36.4 Å². The van der Waals surface area contributed by atoms with Crippen LogP contribution in [0.2, 0.25) is 0 Å². The van der Waals surface area contributed by atoms with Gasteiger partial charge in [-0.25, -0.2) is 0 Å². The number of hydrogen-bond donors (Lipinski definition) is 2. The Labute approximate surface area is 107 Å². The van der Waals surface area contributed by atoms with Crippen molar-refractivity contribution in [2.75, 3.05) is 7.11 Å². The lowest BCUT2D eigenvalue weighted by molar-refractivity contribution is 0.372. The van der Waals surface area contributed by atoms with Gasteiger partial charge in [0.1, 0.15) is 0 Å². The van der Waals surface area contributed by atoms with E-state index in [2.05, 4.69) is 12.1 Å². The standard InChI is InChI=1S/C15H17NO2/c1-18-15-10-12(7-8-14(15)17)13(16)9-11-5-3-2-4-6-11/h2-8,10,13,17H,9,16H2,1H3/t13-/m0/s1. The Morgan fingerprint density at radius 1 is 1.17 bits per heavy atom. The average molecular weight is 243 g/mol. The quantitative estimate of drug-likeness (QED) is 0.868. The number of ether oxygens (including phenoxy) is 1. The Hall–Kier alpha value is -2.00. The molecule has 0 aliphatic heterocycles. The summed E-state index contributed by atoms with van der Waals surface area (Å²) in [5, 5.41) is 9.54. The first-order valence-electron chi connectivity index (χ1n) is 5.87. The fourth-order valence-corrected chi connectivity index (χ4v) is 1.91. The van der Waals surface area contributed by atoms with E-state index in [0.717, 1.165) is 12.0 Å². The third-order valence-corrected chi connectivity index (χ3v) is 2.93. The lowest BCUT2D eigenvalue weighted by Gasteiger charge is -2.14. The second kappa shape index (κ2) is 5.56. The van der Waals surface area contributed by atoms with Gasteiger partial charge in [0.25, 0.3) is 0 Å². The number of rotatable bonds is 4. The number of nitrogens with two attached hydrogens (primary N) is 1. The highest BCUT2D eigenvalue weighted by molar-refractivity contribution is 5.43. The lowest BCUT2D eigenvalue weighted by atomic mass is 9.99. The first-order chi connectivity index (χ1) is 8.70. The molecule has 0 spiro atoms. The van der Waals surface area contributed by atoms with Crippen molar-refractivity contribution in [3.8, 4) is 11.5 Å². The summed E-state index contributed by atoms with van der Waals surface area (Å²) in [5.74, 6) is 0.587. The highest BCUT2D eigenvalue weighted by atomic mass is 16.5. The molecule has 2 aromatic rings. The van der Waals surface area contributed by atoms with Crippen LogP contribution in [0.3, 0.4) is 0 Å². The molecule has 0 aliphatic rings. The monoisotopic (exact) mass is 243 g/mol. The zero-order chi connectivity index (χ0) is 13.0. The molecule has 0 fully saturated rings. The predicted molar refractivity (Wildman–Crippen MR) is 71.7 cm³/mol. The van der Waals surface area contributed by atoms with Gasteiger partial charge in [0.15, 0.2) is 11.5 Å². The third-order valence-electron chi connectivity index (χ3n) is 2.93. The van der Waals surface area contributed by atoms with Crippen LogP contribution >= 0.6 is 0 Å². The summed E-state index contributed by atoms with van der Waals surface area (Å²) in [4.78, 5) is 0.